The van der Waals surface area contributed by atoms with Gasteiger partial charge >= 0.3 is 0 Å². The molecule has 0 unspecified atom stereocenters. The normalized spacial score (nSPS) is 11.2. The molecular weight excluding hydrogens is 376 g/mol. The van der Waals surface area contributed by atoms with E-state index in [4.69, 9.17) is 0 Å². The van der Waals surface area contributed by atoms with Crippen LogP contribution in [-0.2, 0) is 10.0 Å². The summed E-state index contributed by atoms with van der Waals surface area (Å²) in [5.74, 6) is -0.197. The maximum absolute atomic E-state index is 12.1. The predicted molar refractivity (Wildman–Crippen MR) is 89.6 cm³/mol. The average molecular weight is 389 g/mol. The lowest BCUT2D eigenvalue weighted by atomic mass is 10.2. The number of hydrogen-bond donors (Lipinski definition) is 2. The Morgan fingerprint density at radius 2 is 1.76 bits per heavy atom. The van der Waals surface area contributed by atoms with Gasteiger partial charge in [0.05, 0.1) is 14.9 Å². The van der Waals surface area contributed by atoms with E-state index < -0.39 is 10.0 Å². The van der Waals surface area contributed by atoms with Gasteiger partial charge in [0.25, 0.3) is 5.91 Å². The summed E-state index contributed by atoms with van der Waals surface area (Å²) in [7, 11) is -3.30. The van der Waals surface area contributed by atoms with E-state index in [-0.39, 0.29) is 5.91 Å². The Labute approximate surface area is 135 Å². The van der Waals surface area contributed by atoms with Crippen LogP contribution in [0.25, 0.3) is 0 Å². The molecule has 1 aromatic carbocycles. The van der Waals surface area contributed by atoms with Crippen LogP contribution in [0.5, 0.6) is 0 Å². The first-order valence-corrected chi connectivity index (χ1v) is 9.40. The van der Waals surface area contributed by atoms with Crippen LogP contribution in [0.15, 0.2) is 34.1 Å². The molecule has 1 aromatic heterocycles. The van der Waals surface area contributed by atoms with Gasteiger partial charge in [0.2, 0.25) is 10.0 Å². The molecule has 0 aliphatic rings. The average Bonchev–Trinajstić information content (AvgIpc) is 2.70. The smallest absolute Gasteiger partial charge is 0.265 e. The van der Waals surface area contributed by atoms with E-state index in [2.05, 4.69) is 26.0 Å². The van der Waals surface area contributed by atoms with Gasteiger partial charge in [0.15, 0.2) is 0 Å². The molecule has 2 N–H and O–H groups in total. The van der Waals surface area contributed by atoms with Crippen LogP contribution < -0.4 is 10.0 Å². The maximum atomic E-state index is 12.1. The van der Waals surface area contributed by atoms with Gasteiger partial charge in [-0.05, 0) is 58.7 Å². The van der Waals surface area contributed by atoms with Crippen LogP contribution in [0, 0.1) is 6.92 Å². The van der Waals surface area contributed by atoms with Crippen LogP contribution in [0.3, 0.4) is 0 Å². The second-order valence-corrected chi connectivity index (χ2v) is 8.59. The molecule has 0 radical (unpaired) electrons. The fourth-order valence-electron chi connectivity index (χ4n) is 1.60. The SMILES string of the molecule is Cc1cc(C(=O)Nc2ccc(NS(C)(=O)=O)cc2)sc1Br. The number of anilines is 2. The molecular formula is C13H13BrN2O3S2. The largest absolute Gasteiger partial charge is 0.321 e. The second kappa shape index (κ2) is 6.17. The highest BCUT2D eigenvalue weighted by Crippen LogP contribution is 2.28. The Balaban J connectivity index is 2.08. The maximum Gasteiger partial charge on any atom is 0.265 e. The summed E-state index contributed by atoms with van der Waals surface area (Å²) in [6.07, 6.45) is 1.08. The summed E-state index contributed by atoms with van der Waals surface area (Å²) in [5.41, 5.74) is 2.06. The summed E-state index contributed by atoms with van der Waals surface area (Å²) in [4.78, 5) is 12.7. The van der Waals surface area contributed by atoms with Crippen molar-refractivity contribution in [2.45, 2.75) is 6.92 Å². The van der Waals surface area contributed by atoms with Gasteiger partial charge in [0, 0.05) is 11.4 Å². The van der Waals surface area contributed by atoms with Crippen molar-refractivity contribution in [1.29, 1.82) is 0 Å². The van der Waals surface area contributed by atoms with Crippen molar-refractivity contribution in [2.24, 2.45) is 0 Å². The zero-order valence-corrected chi connectivity index (χ0v) is 14.5. The molecule has 0 fully saturated rings. The topological polar surface area (TPSA) is 75.3 Å². The number of carbonyl (C=O) groups excluding carboxylic acids is 1. The van der Waals surface area contributed by atoms with Crippen LogP contribution in [0.2, 0.25) is 0 Å². The van der Waals surface area contributed by atoms with Gasteiger partial charge in [0.1, 0.15) is 0 Å². The monoisotopic (exact) mass is 388 g/mol. The number of hydrogen-bond acceptors (Lipinski definition) is 4. The molecule has 0 atom stereocenters. The Bertz CT molecular complexity index is 748. The van der Waals surface area contributed by atoms with Gasteiger partial charge in [-0.2, -0.15) is 0 Å². The lowest BCUT2D eigenvalue weighted by Crippen LogP contribution is -2.11. The highest BCUT2D eigenvalue weighted by molar-refractivity contribution is 9.11. The molecule has 2 rings (SSSR count). The Hall–Kier alpha value is -1.38. The third-order valence-electron chi connectivity index (χ3n) is 2.53. The van der Waals surface area contributed by atoms with Crippen molar-refractivity contribution in [2.75, 3.05) is 16.3 Å². The second-order valence-electron chi connectivity index (χ2n) is 4.47. The zero-order valence-electron chi connectivity index (χ0n) is 11.3. The molecule has 1 amide bonds. The van der Waals surface area contributed by atoms with Crippen molar-refractivity contribution in [3.8, 4) is 0 Å². The third-order valence-corrected chi connectivity index (χ3v) is 5.27. The number of sulfonamides is 1. The van der Waals surface area contributed by atoms with Crippen molar-refractivity contribution < 1.29 is 13.2 Å². The first-order valence-electron chi connectivity index (χ1n) is 5.90. The lowest BCUT2D eigenvalue weighted by molar-refractivity contribution is 0.103. The molecule has 0 aliphatic heterocycles. The highest BCUT2D eigenvalue weighted by Gasteiger charge is 2.11. The van der Waals surface area contributed by atoms with E-state index in [1.807, 2.05) is 13.0 Å². The van der Waals surface area contributed by atoms with Crippen LogP contribution >= 0.6 is 27.3 Å². The van der Waals surface area contributed by atoms with E-state index in [1.165, 1.54) is 11.3 Å². The van der Waals surface area contributed by atoms with Gasteiger partial charge < -0.3 is 5.32 Å². The number of aryl methyl sites for hydroxylation is 1. The van der Waals surface area contributed by atoms with Crippen molar-refractivity contribution >= 4 is 54.6 Å². The van der Waals surface area contributed by atoms with Crippen LogP contribution in [0.1, 0.15) is 15.2 Å². The first kappa shape index (κ1) is 16.0. The number of carbonyl (C=O) groups is 1. The van der Waals surface area contributed by atoms with Crippen molar-refractivity contribution in [1.82, 2.24) is 0 Å². The molecule has 112 valence electrons. The van der Waals surface area contributed by atoms with Crippen molar-refractivity contribution in [3.63, 3.8) is 0 Å². The molecule has 2 aromatic rings. The fraction of sp³-hybridized carbons (Fsp3) is 0.154. The third kappa shape index (κ3) is 4.55. The molecule has 1 heterocycles. The van der Waals surface area contributed by atoms with Crippen molar-refractivity contribution in [3.05, 3.63) is 44.6 Å². The van der Waals surface area contributed by atoms with Crippen LogP contribution in [-0.4, -0.2) is 20.6 Å². The van der Waals surface area contributed by atoms with Gasteiger partial charge in [-0.3, -0.25) is 9.52 Å². The minimum atomic E-state index is -3.30. The zero-order chi connectivity index (χ0) is 15.6. The number of benzene rings is 1. The molecule has 21 heavy (non-hydrogen) atoms. The summed E-state index contributed by atoms with van der Waals surface area (Å²) < 4.78 is 25.5. The fourth-order valence-corrected chi connectivity index (χ4v) is 3.59. The van der Waals surface area contributed by atoms with E-state index in [0.29, 0.717) is 16.3 Å². The molecule has 0 bridgehead atoms. The minimum Gasteiger partial charge on any atom is -0.321 e. The van der Waals surface area contributed by atoms with E-state index in [0.717, 1.165) is 15.6 Å². The summed E-state index contributed by atoms with van der Waals surface area (Å²) in [6, 6.07) is 8.27. The molecule has 0 aliphatic carbocycles. The molecule has 0 spiro atoms. The Morgan fingerprint density at radius 3 is 2.24 bits per heavy atom. The molecule has 8 heteroatoms. The molecule has 0 saturated heterocycles. The summed E-state index contributed by atoms with van der Waals surface area (Å²) in [6.45, 7) is 1.92. The summed E-state index contributed by atoms with van der Waals surface area (Å²) >= 11 is 4.75. The minimum absolute atomic E-state index is 0.197. The number of amides is 1. The number of halogens is 1. The molecule has 0 saturated carbocycles. The lowest BCUT2D eigenvalue weighted by Gasteiger charge is -2.06. The number of rotatable bonds is 4. The quantitative estimate of drug-likeness (QED) is 0.841. The van der Waals surface area contributed by atoms with E-state index in [9.17, 15) is 13.2 Å². The Kier molecular flexibility index (Phi) is 4.70. The van der Waals surface area contributed by atoms with E-state index >= 15 is 0 Å². The van der Waals surface area contributed by atoms with Crippen LogP contribution in [0.4, 0.5) is 11.4 Å². The Morgan fingerprint density at radius 1 is 1.19 bits per heavy atom. The van der Waals surface area contributed by atoms with Gasteiger partial charge in [-0.25, -0.2) is 8.42 Å². The summed E-state index contributed by atoms with van der Waals surface area (Å²) in [5, 5.41) is 2.76. The highest BCUT2D eigenvalue weighted by atomic mass is 79.9. The predicted octanol–water partition coefficient (Wildman–Crippen LogP) is 3.44. The standard InChI is InChI=1S/C13H13BrN2O3S2/c1-8-7-11(20-12(8)14)13(17)15-9-3-5-10(6-4-9)16-21(2,18)19/h3-7,16H,1-2H3,(H,15,17). The van der Waals surface area contributed by atoms with Gasteiger partial charge in [-0.15, -0.1) is 11.3 Å². The van der Waals surface area contributed by atoms with Gasteiger partial charge in [-0.1, -0.05) is 0 Å². The molecule has 5 nitrogen and oxygen atoms in total. The first-order chi connectivity index (χ1) is 9.74. The number of thiophene rings is 1. The number of nitrogens with one attached hydrogen (secondary N) is 2. The van der Waals surface area contributed by atoms with E-state index in [1.54, 1.807) is 24.3 Å².